The van der Waals surface area contributed by atoms with Crippen LogP contribution in [0.4, 0.5) is 34.1 Å². The van der Waals surface area contributed by atoms with Crippen LogP contribution in [0.1, 0.15) is 49.9 Å². The molecule has 7 aromatic carbocycles. The summed E-state index contributed by atoms with van der Waals surface area (Å²) in [6, 6.07) is 62.4. The third-order valence-corrected chi connectivity index (χ3v) is 11.7. The SMILES string of the molecule is CC1(C)c2ccccc2N(c2ccc(N3c4ccccc4C(C)(C)c4ccccc43)c(-c3nc(-c4ccccc4)nc(-c4ccccc4)n3)c2)c2ccccc21. The van der Waals surface area contributed by atoms with E-state index in [4.69, 9.17) is 15.0 Å². The summed E-state index contributed by atoms with van der Waals surface area (Å²) in [5.41, 5.74) is 14.1. The van der Waals surface area contributed by atoms with Crippen LogP contribution < -0.4 is 9.80 Å². The minimum absolute atomic E-state index is 0.177. The van der Waals surface area contributed by atoms with E-state index in [-0.39, 0.29) is 10.8 Å². The summed E-state index contributed by atoms with van der Waals surface area (Å²) in [4.78, 5) is 20.5. The molecule has 270 valence electrons. The summed E-state index contributed by atoms with van der Waals surface area (Å²) >= 11 is 0. The lowest BCUT2D eigenvalue weighted by Gasteiger charge is -2.43. The molecule has 56 heavy (non-hydrogen) atoms. The van der Waals surface area contributed by atoms with Gasteiger partial charge in [-0.05, 0) is 64.7 Å². The van der Waals surface area contributed by atoms with Crippen LogP contribution in [0.3, 0.4) is 0 Å². The van der Waals surface area contributed by atoms with Gasteiger partial charge in [0.25, 0.3) is 0 Å². The molecule has 10 rings (SSSR count). The van der Waals surface area contributed by atoms with E-state index in [1.165, 1.54) is 22.3 Å². The van der Waals surface area contributed by atoms with Crippen molar-refractivity contribution >= 4 is 34.1 Å². The van der Waals surface area contributed by atoms with Gasteiger partial charge in [0.15, 0.2) is 17.5 Å². The Morgan fingerprint density at radius 2 is 0.696 bits per heavy atom. The van der Waals surface area contributed by atoms with Crippen molar-refractivity contribution in [2.75, 3.05) is 9.80 Å². The van der Waals surface area contributed by atoms with Crippen molar-refractivity contribution in [1.29, 1.82) is 0 Å². The minimum Gasteiger partial charge on any atom is -0.310 e. The van der Waals surface area contributed by atoms with Gasteiger partial charge in [-0.25, -0.2) is 15.0 Å². The van der Waals surface area contributed by atoms with Crippen LogP contribution >= 0.6 is 0 Å². The molecule has 2 aliphatic heterocycles. The first-order valence-electron chi connectivity index (χ1n) is 19.3. The molecule has 1 aromatic heterocycles. The fourth-order valence-corrected chi connectivity index (χ4v) is 8.84. The number of hydrogen-bond donors (Lipinski definition) is 0. The Bertz CT molecular complexity index is 2610. The first-order valence-corrected chi connectivity index (χ1v) is 19.3. The highest BCUT2D eigenvalue weighted by Crippen LogP contribution is 2.56. The summed E-state index contributed by atoms with van der Waals surface area (Å²) in [6.45, 7) is 9.29. The number of hydrogen-bond acceptors (Lipinski definition) is 5. The topological polar surface area (TPSA) is 45.2 Å². The third-order valence-electron chi connectivity index (χ3n) is 11.7. The molecule has 2 aliphatic rings. The minimum atomic E-state index is -0.202. The maximum atomic E-state index is 5.33. The van der Waals surface area contributed by atoms with Crippen molar-refractivity contribution < 1.29 is 0 Å². The van der Waals surface area contributed by atoms with E-state index in [0.29, 0.717) is 17.5 Å². The molecule has 0 bridgehead atoms. The summed E-state index contributed by atoms with van der Waals surface area (Å²) < 4.78 is 0. The predicted octanol–water partition coefficient (Wildman–Crippen LogP) is 13.1. The molecular weight excluding hydrogens is 683 g/mol. The second kappa shape index (κ2) is 12.9. The lowest BCUT2D eigenvalue weighted by atomic mass is 9.73. The van der Waals surface area contributed by atoms with Crippen molar-refractivity contribution in [1.82, 2.24) is 15.0 Å². The zero-order valence-electron chi connectivity index (χ0n) is 32.0. The molecule has 0 atom stereocenters. The van der Waals surface area contributed by atoms with Gasteiger partial charge >= 0.3 is 0 Å². The highest BCUT2D eigenvalue weighted by Gasteiger charge is 2.39. The largest absolute Gasteiger partial charge is 0.310 e. The number of aromatic nitrogens is 3. The summed E-state index contributed by atoms with van der Waals surface area (Å²) in [6.07, 6.45) is 0. The van der Waals surface area contributed by atoms with Crippen molar-refractivity contribution in [2.24, 2.45) is 0 Å². The monoisotopic (exact) mass is 723 g/mol. The van der Waals surface area contributed by atoms with Crippen LogP contribution in [0.25, 0.3) is 34.2 Å². The first-order chi connectivity index (χ1) is 27.3. The van der Waals surface area contributed by atoms with Gasteiger partial charge in [-0.1, -0.05) is 161 Å². The Kier molecular flexibility index (Phi) is 7.75. The van der Waals surface area contributed by atoms with Crippen molar-refractivity contribution in [3.05, 3.63) is 198 Å². The van der Waals surface area contributed by atoms with Gasteiger partial charge in [-0.2, -0.15) is 0 Å². The van der Waals surface area contributed by atoms with Crippen LogP contribution in [0, 0.1) is 0 Å². The van der Waals surface area contributed by atoms with E-state index in [1.54, 1.807) is 0 Å². The molecule has 5 heteroatoms. The first kappa shape index (κ1) is 33.7. The molecule has 0 spiro atoms. The Balaban J connectivity index is 1.28. The normalized spacial score (nSPS) is 14.6. The summed E-state index contributed by atoms with van der Waals surface area (Å²) in [5.74, 6) is 1.86. The highest BCUT2D eigenvalue weighted by molar-refractivity contribution is 5.95. The molecule has 8 aromatic rings. The van der Waals surface area contributed by atoms with E-state index in [0.717, 1.165) is 50.8 Å². The van der Waals surface area contributed by atoms with E-state index in [2.05, 4.69) is 177 Å². The van der Waals surface area contributed by atoms with Gasteiger partial charge in [0.05, 0.1) is 28.4 Å². The quantitative estimate of drug-likeness (QED) is 0.177. The Morgan fingerprint density at radius 3 is 1.12 bits per heavy atom. The number of rotatable bonds is 5. The molecule has 0 aliphatic carbocycles. The predicted molar refractivity (Wildman–Crippen MR) is 230 cm³/mol. The maximum absolute atomic E-state index is 5.33. The van der Waals surface area contributed by atoms with Gasteiger partial charge in [-0.15, -0.1) is 0 Å². The molecule has 0 radical (unpaired) electrons. The van der Waals surface area contributed by atoms with Crippen LogP contribution in [0.5, 0.6) is 0 Å². The molecule has 0 amide bonds. The van der Waals surface area contributed by atoms with Crippen molar-refractivity contribution in [3.8, 4) is 34.2 Å². The second-order valence-electron chi connectivity index (χ2n) is 15.7. The third kappa shape index (κ3) is 5.26. The van der Waals surface area contributed by atoms with Gasteiger partial charge in [0.2, 0.25) is 0 Å². The molecule has 0 N–H and O–H groups in total. The summed E-state index contributed by atoms with van der Waals surface area (Å²) in [7, 11) is 0. The van der Waals surface area contributed by atoms with E-state index in [9.17, 15) is 0 Å². The van der Waals surface area contributed by atoms with Crippen LogP contribution in [-0.2, 0) is 10.8 Å². The number of para-hydroxylation sites is 4. The number of fused-ring (bicyclic) bond motifs is 4. The molecule has 0 unspecified atom stereocenters. The maximum Gasteiger partial charge on any atom is 0.166 e. The summed E-state index contributed by atoms with van der Waals surface area (Å²) in [5, 5.41) is 0. The van der Waals surface area contributed by atoms with Crippen LogP contribution in [0.2, 0.25) is 0 Å². The molecule has 0 saturated heterocycles. The average Bonchev–Trinajstić information content (AvgIpc) is 3.25. The average molecular weight is 724 g/mol. The standard InChI is InChI=1S/C51H41N5/c1-50(2)38-23-11-15-27-43(38)55(44-28-16-12-24-39(44)50)36-31-32-42(56-45-29-17-13-25-40(45)51(3,4)41-26-14-18-30-46(41)56)37(33-36)49-53-47(34-19-7-5-8-20-34)52-48(54-49)35-21-9-6-10-22-35/h5-33H,1-4H3. The molecule has 0 fully saturated rings. The highest BCUT2D eigenvalue weighted by atomic mass is 15.2. The molecule has 0 saturated carbocycles. The van der Waals surface area contributed by atoms with Crippen molar-refractivity contribution in [2.45, 2.75) is 38.5 Å². The van der Waals surface area contributed by atoms with Gasteiger partial charge in [0.1, 0.15) is 0 Å². The second-order valence-corrected chi connectivity index (χ2v) is 15.7. The van der Waals surface area contributed by atoms with Crippen LogP contribution in [-0.4, -0.2) is 15.0 Å². The zero-order valence-corrected chi connectivity index (χ0v) is 32.0. The molecular formula is C51H41N5. The van der Waals surface area contributed by atoms with Crippen molar-refractivity contribution in [3.63, 3.8) is 0 Å². The van der Waals surface area contributed by atoms with E-state index in [1.807, 2.05) is 36.4 Å². The van der Waals surface area contributed by atoms with Gasteiger partial charge in [-0.3, -0.25) is 0 Å². The molecule has 3 heterocycles. The van der Waals surface area contributed by atoms with E-state index >= 15 is 0 Å². The Labute approximate surface area is 328 Å². The fraction of sp³-hybridized carbons (Fsp3) is 0.118. The van der Waals surface area contributed by atoms with Gasteiger partial charge in [0, 0.05) is 33.2 Å². The lowest BCUT2D eigenvalue weighted by Crippen LogP contribution is -2.31. The zero-order chi connectivity index (χ0) is 38.0. The number of benzene rings is 7. The Morgan fingerprint density at radius 1 is 0.339 bits per heavy atom. The molecule has 5 nitrogen and oxygen atoms in total. The number of anilines is 6. The fourth-order valence-electron chi connectivity index (χ4n) is 8.84. The smallest absolute Gasteiger partial charge is 0.166 e. The lowest BCUT2D eigenvalue weighted by molar-refractivity contribution is 0.631. The number of nitrogens with zero attached hydrogens (tertiary/aromatic N) is 5. The van der Waals surface area contributed by atoms with E-state index < -0.39 is 0 Å². The Hall–Kier alpha value is -6.85. The van der Waals surface area contributed by atoms with Gasteiger partial charge < -0.3 is 9.80 Å². The van der Waals surface area contributed by atoms with Crippen LogP contribution in [0.15, 0.2) is 176 Å².